The first-order valence-electron chi connectivity index (χ1n) is 10.4. The Morgan fingerprint density at radius 1 is 1.16 bits per heavy atom. The molecule has 0 bridgehead atoms. The van der Waals surface area contributed by atoms with Crippen molar-refractivity contribution in [2.24, 2.45) is 0 Å². The Morgan fingerprint density at radius 2 is 2.00 bits per heavy atom. The van der Waals surface area contributed by atoms with Crippen LogP contribution in [0.1, 0.15) is 24.1 Å². The average molecular weight is 431 g/mol. The lowest BCUT2D eigenvalue weighted by atomic mass is 10.1. The molecule has 1 fully saturated rings. The van der Waals surface area contributed by atoms with E-state index in [4.69, 9.17) is 0 Å². The van der Waals surface area contributed by atoms with E-state index in [0.29, 0.717) is 16.9 Å². The van der Waals surface area contributed by atoms with Crippen molar-refractivity contribution in [2.75, 3.05) is 5.32 Å². The first-order chi connectivity index (χ1) is 15.5. The highest BCUT2D eigenvalue weighted by Crippen LogP contribution is 2.29. The number of rotatable bonds is 6. The van der Waals surface area contributed by atoms with Crippen LogP contribution in [0.25, 0.3) is 22.4 Å². The van der Waals surface area contributed by atoms with Crippen LogP contribution in [-0.4, -0.2) is 36.7 Å². The number of nitrogens with one attached hydrogen (secondary N) is 2. The molecule has 0 aromatic carbocycles. The molecule has 1 aliphatic rings. The van der Waals surface area contributed by atoms with Crippen molar-refractivity contribution in [3.8, 4) is 11.4 Å². The van der Waals surface area contributed by atoms with Crippen molar-refractivity contribution >= 4 is 28.3 Å². The summed E-state index contributed by atoms with van der Waals surface area (Å²) in [5.74, 6) is -0.500. The Balaban J connectivity index is 1.49. The smallest absolute Gasteiger partial charge is 0.241 e. The number of carbonyl (C=O) groups is 1. The van der Waals surface area contributed by atoms with Crippen LogP contribution >= 0.6 is 0 Å². The second kappa shape index (κ2) is 7.99. The number of carbonyl (C=O) groups excluding carboxylic acids is 1. The summed E-state index contributed by atoms with van der Waals surface area (Å²) >= 11 is 0. The van der Waals surface area contributed by atoms with Crippen LogP contribution in [-0.2, 0) is 11.3 Å². The van der Waals surface area contributed by atoms with Crippen LogP contribution in [0.2, 0.25) is 0 Å². The zero-order valence-corrected chi connectivity index (χ0v) is 17.8. The standard InChI is InChI=1S/C23H22FN7O/c1-13-10-26-19(22-16(24)6-3-14(2)28-22)9-18(13)30-17-7-8-25-20-11-27-31(23(17)20)12-21(32)29-15-4-5-15/h3,6-11,15H,4-5,12H2,1-2H3,(H,29,32)(H,25,26,30). The number of aryl methyl sites for hydroxylation is 2. The minimum atomic E-state index is -0.427. The molecule has 8 nitrogen and oxygen atoms in total. The molecule has 4 heterocycles. The van der Waals surface area contributed by atoms with E-state index < -0.39 is 5.82 Å². The maximum absolute atomic E-state index is 14.4. The van der Waals surface area contributed by atoms with Gasteiger partial charge in [-0.2, -0.15) is 5.10 Å². The second-order valence-electron chi connectivity index (χ2n) is 8.03. The van der Waals surface area contributed by atoms with E-state index in [9.17, 15) is 9.18 Å². The lowest BCUT2D eigenvalue weighted by molar-refractivity contribution is -0.121. The Bertz CT molecular complexity index is 1330. The molecular formula is C23H22FN7O. The van der Waals surface area contributed by atoms with Gasteiger partial charge in [0.2, 0.25) is 5.91 Å². The number of halogens is 1. The minimum absolute atomic E-state index is 0.0734. The summed E-state index contributed by atoms with van der Waals surface area (Å²) in [4.78, 5) is 25.4. The fraction of sp³-hybridized carbons (Fsp3) is 0.261. The van der Waals surface area contributed by atoms with Crippen molar-refractivity contribution in [1.82, 2.24) is 30.0 Å². The van der Waals surface area contributed by atoms with Crippen molar-refractivity contribution in [2.45, 2.75) is 39.3 Å². The van der Waals surface area contributed by atoms with Gasteiger partial charge in [-0.25, -0.2) is 9.37 Å². The summed E-state index contributed by atoms with van der Waals surface area (Å²) in [7, 11) is 0. The topological polar surface area (TPSA) is 97.6 Å². The molecule has 1 saturated carbocycles. The number of nitrogens with zero attached hydrogens (tertiary/aromatic N) is 5. The van der Waals surface area contributed by atoms with E-state index in [2.05, 4.69) is 30.7 Å². The molecule has 0 saturated heterocycles. The van der Waals surface area contributed by atoms with Crippen LogP contribution in [0.15, 0.2) is 42.9 Å². The van der Waals surface area contributed by atoms with Gasteiger partial charge in [0.05, 0.1) is 17.6 Å². The van der Waals surface area contributed by atoms with Gasteiger partial charge in [-0.15, -0.1) is 0 Å². The van der Waals surface area contributed by atoms with Crippen molar-refractivity contribution in [3.05, 3.63) is 59.9 Å². The maximum atomic E-state index is 14.4. The highest BCUT2D eigenvalue weighted by molar-refractivity contribution is 5.91. The maximum Gasteiger partial charge on any atom is 0.241 e. The van der Waals surface area contributed by atoms with Crippen LogP contribution in [0.5, 0.6) is 0 Å². The van der Waals surface area contributed by atoms with Gasteiger partial charge in [-0.05, 0) is 56.5 Å². The Hall–Kier alpha value is -3.88. The van der Waals surface area contributed by atoms with E-state index in [1.165, 1.54) is 6.07 Å². The van der Waals surface area contributed by atoms with Crippen molar-refractivity contribution in [3.63, 3.8) is 0 Å². The fourth-order valence-corrected chi connectivity index (χ4v) is 3.53. The zero-order chi connectivity index (χ0) is 22.2. The van der Waals surface area contributed by atoms with Gasteiger partial charge in [0.25, 0.3) is 0 Å². The molecule has 162 valence electrons. The van der Waals surface area contributed by atoms with Gasteiger partial charge < -0.3 is 10.6 Å². The normalized spacial score (nSPS) is 13.3. The third-order valence-corrected chi connectivity index (χ3v) is 5.37. The highest BCUT2D eigenvalue weighted by atomic mass is 19.1. The Labute approximate surface area is 183 Å². The lowest BCUT2D eigenvalue weighted by Gasteiger charge is -2.14. The molecule has 1 amide bonds. The van der Waals surface area contributed by atoms with Crippen molar-refractivity contribution in [1.29, 1.82) is 0 Å². The summed E-state index contributed by atoms with van der Waals surface area (Å²) in [6, 6.07) is 6.90. The van der Waals surface area contributed by atoms with E-state index in [1.54, 1.807) is 35.4 Å². The number of fused-ring (bicyclic) bond motifs is 1. The molecule has 32 heavy (non-hydrogen) atoms. The molecule has 9 heteroatoms. The summed E-state index contributed by atoms with van der Waals surface area (Å²) in [6.45, 7) is 3.84. The van der Waals surface area contributed by atoms with Gasteiger partial charge in [-0.1, -0.05) is 0 Å². The molecule has 0 aliphatic heterocycles. The molecule has 2 N–H and O–H groups in total. The number of anilines is 2. The van der Waals surface area contributed by atoms with Crippen LogP contribution in [0, 0.1) is 19.7 Å². The first-order valence-corrected chi connectivity index (χ1v) is 10.4. The quantitative estimate of drug-likeness (QED) is 0.484. The van der Waals surface area contributed by atoms with Gasteiger partial charge in [0.15, 0.2) is 5.82 Å². The summed E-state index contributed by atoms with van der Waals surface area (Å²) in [6.07, 6.45) is 7.06. The number of amides is 1. The number of pyridine rings is 3. The Kier molecular flexibility index (Phi) is 5.01. The number of hydrogen-bond donors (Lipinski definition) is 2. The molecule has 4 aromatic rings. The van der Waals surface area contributed by atoms with Crippen molar-refractivity contribution < 1.29 is 9.18 Å². The molecule has 0 spiro atoms. The van der Waals surface area contributed by atoms with E-state index in [0.717, 1.165) is 35.3 Å². The predicted octanol–water partition coefficient (Wildman–Crippen LogP) is 3.67. The summed E-state index contributed by atoms with van der Waals surface area (Å²) < 4.78 is 16.0. The van der Waals surface area contributed by atoms with Gasteiger partial charge in [0, 0.05) is 29.8 Å². The molecule has 0 radical (unpaired) electrons. The molecule has 4 aromatic heterocycles. The van der Waals surface area contributed by atoms with Gasteiger partial charge in [-0.3, -0.25) is 19.4 Å². The van der Waals surface area contributed by atoms with Crippen LogP contribution in [0.4, 0.5) is 15.8 Å². The Morgan fingerprint density at radius 3 is 2.81 bits per heavy atom. The number of aromatic nitrogens is 5. The number of hydrogen-bond acceptors (Lipinski definition) is 6. The predicted molar refractivity (Wildman–Crippen MR) is 119 cm³/mol. The van der Waals surface area contributed by atoms with E-state index in [1.807, 2.05) is 19.9 Å². The summed E-state index contributed by atoms with van der Waals surface area (Å²) in [5.41, 5.74) is 5.11. The molecule has 0 atom stereocenters. The fourth-order valence-electron chi connectivity index (χ4n) is 3.53. The van der Waals surface area contributed by atoms with Crippen LogP contribution < -0.4 is 10.6 Å². The van der Waals surface area contributed by atoms with Gasteiger partial charge >= 0.3 is 0 Å². The van der Waals surface area contributed by atoms with Crippen LogP contribution in [0.3, 0.4) is 0 Å². The first kappa shape index (κ1) is 20.0. The molecule has 1 aliphatic carbocycles. The monoisotopic (exact) mass is 431 g/mol. The third-order valence-electron chi connectivity index (χ3n) is 5.37. The minimum Gasteiger partial charge on any atom is -0.353 e. The highest BCUT2D eigenvalue weighted by Gasteiger charge is 2.24. The van der Waals surface area contributed by atoms with E-state index >= 15 is 0 Å². The lowest BCUT2D eigenvalue weighted by Crippen LogP contribution is -2.29. The average Bonchev–Trinajstić information content (AvgIpc) is 3.49. The van der Waals surface area contributed by atoms with Gasteiger partial charge in [0.1, 0.15) is 23.3 Å². The third kappa shape index (κ3) is 4.01. The second-order valence-corrected chi connectivity index (χ2v) is 8.03. The zero-order valence-electron chi connectivity index (χ0n) is 17.8. The summed E-state index contributed by atoms with van der Waals surface area (Å²) in [5, 5.41) is 10.7. The molecule has 5 rings (SSSR count). The molecule has 0 unspecified atom stereocenters. The SMILES string of the molecule is Cc1ccc(F)c(-c2cc(Nc3ccnc4cnn(CC(=O)NC5CC5)c34)c(C)cn2)n1. The largest absolute Gasteiger partial charge is 0.353 e. The van der Waals surface area contributed by atoms with E-state index in [-0.39, 0.29) is 24.2 Å². The molecular weight excluding hydrogens is 409 g/mol.